The van der Waals surface area contributed by atoms with Gasteiger partial charge in [0.2, 0.25) is 0 Å². The van der Waals surface area contributed by atoms with Crippen molar-refractivity contribution in [1.29, 1.82) is 5.26 Å². The fourth-order valence-electron chi connectivity index (χ4n) is 3.15. The summed E-state index contributed by atoms with van der Waals surface area (Å²) in [5, 5.41) is 12.7. The van der Waals surface area contributed by atoms with Crippen molar-refractivity contribution in [3.63, 3.8) is 0 Å². The first-order valence-corrected chi connectivity index (χ1v) is 10.1. The third-order valence-electron chi connectivity index (χ3n) is 4.50. The zero-order valence-corrected chi connectivity index (χ0v) is 16.6. The van der Waals surface area contributed by atoms with Crippen LogP contribution in [0.2, 0.25) is 0 Å². The van der Waals surface area contributed by atoms with Crippen molar-refractivity contribution in [2.24, 2.45) is 0 Å². The maximum absolute atomic E-state index is 12.2. The van der Waals surface area contributed by atoms with Crippen LogP contribution in [0.5, 0.6) is 5.75 Å². The third-order valence-corrected chi connectivity index (χ3v) is 5.70. The number of rotatable bonds is 6. The van der Waals surface area contributed by atoms with Gasteiger partial charge in [-0.15, -0.1) is 11.3 Å². The van der Waals surface area contributed by atoms with Gasteiger partial charge in [-0.3, -0.25) is 4.79 Å². The van der Waals surface area contributed by atoms with Gasteiger partial charge in [-0.05, 0) is 55.9 Å². The lowest BCUT2D eigenvalue weighted by molar-refractivity contribution is -0.149. The third kappa shape index (κ3) is 5.11. The lowest BCUT2D eigenvalue weighted by Gasteiger charge is -2.08. The summed E-state index contributed by atoms with van der Waals surface area (Å²) in [7, 11) is 0. The maximum Gasteiger partial charge on any atom is 0.344 e. The molecule has 0 saturated carbocycles. The van der Waals surface area contributed by atoms with Crippen LogP contribution in [0.25, 0.3) is 0 Å². The number of hydrogen-bond donors (Lipinski definition) is 1. The average Bonchev–Trinajstić information content (AvgIpc) is 2.84. The first-order valence-electron chi connectivity index (χ1n) is 9.26. The summed E-state index contributed by atoms with van der Waals surface area (Å²) >= 11 is 1.45. The number of nitrogens with one attached hydrogen (secondary N) is 1. The molecule has 1 heterocycles. The van der Waals surface area contributed by atoms with Crippen molar-refractivity contribution in [2.75, 3.05) is 18.5 Å². The standard InChI is InChI=1S/C21H22N2O4S/c1-14-6-5-7-15(10-14)26-13-20(25)27-12-19(24)23-21-17(11-22)16-8-3-2-4-9-18(16)28-21/h5-7,10H,2-4,8-9,12-13H2,1H3,(H,23,24). The molecule has 1 aromatic heterocycles. The zero-order valence-electron chi connectivity index (χ0n) is 15.7. The van der Waals surface area contributed by atoms with E-state index in [0.29, 0.717) is 16.3 Å². The van der Waals surface area contributed by atoms with Crippen molar-refractivity contribution in [2.45, 2.75) is 39.0 Å². The highest BCUT2D eigenvalue weighted by Crippen LogP contribution is 2.36. The van der Waals surface area contributed by atoms with Gasteiger partial charge < -0.3 is 14.8 Å². The van der Waals surface area contributed by atoms with Gasteiger partial charge in [0.25, 0.3) is 5.91 Å². The van der Waals surface area contributed by atoms with E-state index in [-0.39, 0.29) is 6.61 Å². The highest BCUT2D eigenvalue weighted by Gasteiger charge is 2.21. The summed E-state index contributed by atoms with van der Waals surface area (Å²) < 4.78 is 10.3. The quantitative estimate of drug-likeness (QED) is 0.591. The fourth-order valence-corrected chi connectivity index (χ4v) is 4.40. The van der Waals surface area contributed by atoms with E-state index < -0.39 is 18.5 Å². The molecule has 0 fully saturated rings. The summed E-state index contributed by atoms with van der Waals surface area (Å²) in [5.74, 6) is -0.518. The van der Waals surface area contributed by atoms with Crippen LogP contribution in [0.1, 0.15) is 40.8 Å². The van der Waals surface area contributed by atoms with Crippen LogP contribution in [0.4, 0.5) is 5.00 Å². The Labute approximate surface area is 168 Å². The number of aryl methyl sites for hydroxylation is 2. The van der Waals surface area contributed by atoms with Gasteiger partial charge in [0, 0.05) is 4.88 Å². The summed E-state index contributed by atoms with van der Waals surface area (Å²) in [6.07, 6.45) is 5.13. The van der Waals surface area contributed by atoms with Crippen LogP contribution in [0, 0.1) is 18.3 Å². The molecule has 7 heteroatoms. The van der Waals surface area contributed by atoms with Crippen molar-refractivity contribution in [3.05, 3.63) is 45.8 Å². The molecule has 1 aliphatic carbocycles. The van der Waals surface area contributed by atoms with Crippen LogP contribution >= 0.6 is 11.3 Å². The second kappa shape index (κ2) is 9.38. The molecule has 3 rings (SSSR count). The molecule has 1 aliphatic rings. The predicted octanol–water partition coefficient (Wildman–Crippen LogP) is 3.76. The molecule has 0 unspecified atom stereocenters. The number of nitrogens with zero attached hydrogens (tertiary/aromatic N) is 1. The fraction of sp³-hybridized carbons (Fsp3) is 0.381. The van der Waals surface area contributed by atoms with E-state index in [9.17, 15) is 14.9 Å². The molecule has 28 heavy (non-hydrogen) atoms. The number of esters is 1. The monoisotopic (exact) mass is 398 g/mol. The van der Waals surface area contributed by atoms with E-state index in [1.54, 1.807) is 6.07 Å². The molecule has 0 spiro atoms. The van der Waals surface area contributed by atoms with E-state index in [4.69, 9.17) is 9.47 Å². The minimum Gasteiger partial charge on any atom is -0.482 e. The molecular formula is C21H22N2O4S. The Morgan fingerprint density at radius 1 is 1.21 bits per heavy atom. The first-order chi connectivity index (χ1) is 13.6. The molecule has 1 N–H and O–H groups in total. The number of hydrogen-bond acceptors (Lipinski definition) is 6. The molecule has 0 saturated heterocycles. The predicted molar refractivity (Wildman–Crippen MR) is 107 cm³/mol. The largest absolute Gasteiger partial charge is 0.482 e. The second-order valence-corrected chi connectivity index (χ2v) is 7.80. The van der Waals surface area contributed by atoms with Gasteiger partial charge in [0.15, 0.2) is 13.2 Å². The van der Waals surface area contributed by atoms with Crippen molar-refractivity contribution >= 4 is 28.2 Å². The summed E-state index contributed by atoms with van der Waals surface area (Å²) in [5.41, 5.74) is 2.63. The van der Waals surface area contributed by atoms with Crippen LogP contribution in [0.15, 0.2) is 24.3 Å². The van der Waals surface area contributed by atoms with Gasteiger partial charge in [0.1, 0.15) is 16.8 Å². The van der Waals surface area contributed by atoms with Gasteiger partial charge in [-0.25, -0.2) is 4.79 Å². The van der Waals surface area contributed by atoms with E-state index >= 15 is 0 Å². The van der Waals surface area contributed by atoms with Gasteiger partial charge in [-0.2, -0.15) is 5.26 Å². The molecular weight excluding hydrogens is 376 g/mol. The van der Waals surface area contributed by atoms with Gasteiger partial charge >= 0.3 is 5.97 Å². The first kappa shape index (κ1) is 19.9. The summed E-state index contributed by atoms with van der Waals surface area (Å²) in [6, 6.07) is 9.53. The van der Waals surface area contributed by atoms with Crippen LogP contribution in [-0.2, 0) is 27.2 Å². The van der Waals surface area contributed by atoms with Gasteiger partial charge in [0.05, 0.1) is 5.56 Å². The highest BCUT2D eigenvalue weighted by atomic mass is 32.1. The number of fused-ring (bicyclic) bond motifs is 1. The Bertz CT molecular complexity index is 914. The Morgan fingerprint density at radius 3 is 2.82 bits per heavy atom. The number of benzene rings is 1. The molecule has 6 nitrogen and oxygen atoms in total. The number of anilines is 1. The Balaban J connectivity index is 1.50. The lowest BCUT2D eigenvalue weighted by Crippen LogP contribution is -2.23. The molecule has 0 aliphatic heterocycles. The topological polar surface area (TPSA) is 88.4 Å². The number of ether oxygens (including phenoxy) is 2. The van der Waals surface area contributed by atoms with Crippen LogP contribution in [-0.4, -0.2) is 25.1 Å². The molecule has 0 radical (unpaired) electrons. The zero-order chi connectivity index (χ0) is 19.9. The Hall–Kier alpha value is -2.85. The molecule has 146 valence electrons. The van der Waals surface area contributed by atoms with Crippen molar-refractivity contribution < 1.29 is 19.1 Å². The number of amides is 1. The van der Waals surface area contributed by atoms with Crippen molar-refractivity contribution in [1.82, 2.24) is 0 Å². The second-order valence-electron chi connectivity index (χ2n) is 6.69. The SMILES string of the molecule is Cc1cccc(OCC(=O)OCC(=O)Nc2sc3c(c2C#N)CCCCC3)c1. The van der Waals surface area contributed by atoms with E-state index in [1.165, 1.54) is 16.2 Å². The van der Waals surface area contributed by atoms with Crippen molar-refractivity contribution in [3.8, 4) is 11.8 Å². The Kier molecular flexibility index (Phi) is 6.66. The maximum atomic E-state index is 12.2. The summed E-state index contributed by atoms with van der Waals surface area (Å²) in [4.78, 5) is 25.1. The lowest BCUT2D eigenvalue weighted by atomic mass is 10.1. The number of nitriles is 1. The minimum atomic E-state index is -0.626. The molecule has 0 bridgehead atoms. The summed E-state index contributed by atoms with van der Waals surface area (Å²) in [6.45, 7) is 1.24. The molecule has 1 amide bonds. The number of thiophene rings is 1. The highest BCUT2D eigenvalue weighted by molar-refractivity contribution is 7.16. The molecule has 2 aromatic rings. The average molecular weight is 398 g/mol. The molecule has 0 atom stereocenters. The molecule has 1 aromatic carbocycles. The van der Waals surface area contributed by atoms with E-state index in [0.717, 1.165) is 43.2 Å². The smallest absolute Gasteiger partial charge is 0.344 e. The van der Waals surface area contributed by atoms with E-state index in [1.807, 2.05) is 25.1 Å². The minimum absolute atomic E-state index is 0.270. The van der Waals surface area contributed by atoms with Crippen LogP contribution < -0.4 is 10.1 Å². The number of carbonyl (C=O) groups is 2. The Morgan fingerprint density at radius 2 is 2.04 bits per heavy atom. The number of carbonyl (C=O) groups excluding carboxylic acids is 2. The van der Waals surface area contributed by atoms with E-state index in [2.05, 4.69) is 11.4 Å². The van der Waals surface area contributed by atoms with Gasteiger partial charge in [-0.1, -0.05) is 18.6 Å². The normalized spacial score (nSPS) is 13.0. The van der Waals surface area contributed by atoms with Crippen LogP contribution in [0.3, 0.4) is 0 Å².